The fraction of sp³-hybridized carbons (Fsp3) is 0.438. The van der Waals surface area contributed by atoms with E-state index in [1.165, 1.54) is 0 Å². The van der Waals surface area contributed by atoms with Gasteiger partial charge in [0.15, 0.2) is 5.75 Å². The summed E-state index contributed by atoms with van der Waals surface area (Å²) in [6, 6.07) is 9.69. The predicted octanol–water partition coefficient (Wildman–Crippen LogP) is 2.95. The topological polar surface area (TPSA) is 47.3 Å². The molecule has 2 aromatic rings. The van der Waals surface area contributed by atoms with E-state index >= 15 is 0 Å². The van der Waals surface area contributed by atoms with Crippen molar-refractivity contribution in [3.05, 3.63) is 47.8 Å². The second-order valence-electron chi connectivity index (χ2n) is 4.86. The SMILES string of the molecule is CCCn1ncc(OC)c1C(O)(CC)c1ccccc1. The average Bonchev–Trinajstić information content (AvgIpc) is 2.91. The lowest BCUT2D eigenvalue weighted by Crippen LogP contribution is -2.30. The van der Waals surface area contributed by atoms with Gasteiger partial charge in [0.05, 0.1) is 13.3 Å². The Morgan fingerprint density at radius 1 is 1.25 bits per heavy atom. The molecule has 0 amide bonds. The minimum absolute atomic E-state index is 0.558. The number of benzene rings is 1. The Labute approximate surface area is 120 Å². The largest absolute Gasteiger partial charge is 0.493 e. The third kappa shape index (κ3) is 2.43. The highest BCUT2D eigenvalue weighted by atomic mass is 16.5. The summed E-state index contributed by atoms with van der Waals surface area (Å²) in [6.45, 7) is 4.81. The maximum absolute atomic E-state index is 11.2. The lowest BCUT2D eigenvalue weighted by atomic mass is 9.87. The van der Waals surface area contributed by atoms with Gasteiger partial charge >= 0.3 is 0 Å². The van der Waals surface area contributed by atoms with Crippen molar-refractivity contribution in [1.82, 2.24) is 9.78 Å². The molecule has 1 aromatic carbocycles. The van der Waals surface area contributed by atoms with Gasteiger partial charge in [-0.1, -0.05) is 44.2 Å². The van der Waals surface area contributed by atoms with E-state index in [4.69, 9.17) is 4.74 Å². The average molecular weight is 274 g/mol. The molecule has 2 rings (SSSR count). The van der Waals surface area contributed by atoms with Gasteiger partial charge in [0.1, 0.15) is 11.3 Å². The zero-order chi connectivity index (χ0) is 14.6. The van der Waals surface area contributed by atoms with Gasteiger partial charge in [0.25, 0.3) is 0 Å². The van der Waals surface area contributed by atoms with Gasteiger partial charge in [-0.3, -0.25) is 4.68 Å². The van der Waals surface area contributed by atoms with Crippen LogP contribution in [-0.2, 0) is 12.1 Å². The van der Waals surface area contributed by atoms with Crippen molar-refractivity contribution in [2.24, 2.45) is 0 Å². The number of ether oxygens (including phenoxy) is 1. The van der Waals surface area contributed by atoms with Crippen molar-refractivity contribution in [3.63, 3.8) is 0 Å². The van der Waals surface area contributed by atoms with E-state index in [1.54, 1.807) is 13.3 Å². The highest BCUT2D eigenvalue weighted by Gasteiger charge is 2.36. The molecule has 0 bridgehead atoms. The van der Waals surface area contributed by atoms with E-state index in [0.29, 0.717) is 12.2 Å². The molecule has 4 nitrogen and oxygen atoms in total. The first-order chi connectivity index (χ1) is 9.67. The van der Waals surface area contributed by atoms with E-state index in [0.717, 1.165) is 24.2 Å². The normalized spacial score (nSPS) is 14.0. The fourth-order valence-electron chi connectivity index (χ4n) is 2.54. The molecular formula is C16H22N2O2. The molecule has 108 valence electrons. The molecule has 4 heteroatoms. The van der Waals surface area contributed by atoms with E-state index < -0.39 is 5.60 Å². The summed E-state index contributed by atoms with van der Waals surface area (Å²) in [5.74, 6) is 0.631. The number of aryl methyl sites for hydroxylation is 1. The van der Waals surface area contributed by atoms with E-state index in [1.807, 2.05) is 41.9 Å². The van der Waals surface area contributed by atoms with Crippen LogP contribution in [0.15, 0.2) is 36.5 Å². The summed E-state index contributed by atoms with van der Waals surface area (Å²) in [5.41, 5.74) is 0.507. The third-order valence-electron chi connectivity index (χ3n) is 3.62. The van der Waals surface area contributed by atoms with E-state index in [-0.39, 0.29) is 0 Å². The van der Waals surface area contributed by atoms with Crippen LogP contribution in [0.3, 0.4) is 0 Å². The van der Waals surface area contributed by atoms with Gasteiger partial charge in [0.2, 0.25) is 0 Å². The minimum atomic E-state index is -1.09. The molecule has 0 spiro atoms. The Hall–Kier alpha value is -1.81. The highest BCUT2D eigenvalue weighted by Crippen LogP contribution is 2.38. The molecule has 1 atom stereocenters. The van der Waals surface area contributed by atoms with Crippen LogP contribution in [0.1, 0.15) is 37.9 Å². The van der Waals surface area contributed by atoms with Gasteiger partial charge in [-0.2, -0.15) is 5.10 Å². The maximum Gasteiger partial charge on any atom is 0.163 e. The molecule has 1 heterocycles. The van der Waals surface area contributed by atoms with Crippen LogP contribution in [0.2, 0.25) is 0 Å². The number of hydrogen-bond donors (Lipinski definition) is 1. The van der Waals surface area contributed by atoms with Crippen LogP contribution < -0.4 is 4.74 Å². The molecule has 0 aliphatic carbocycles. The molecule has 0 saturated carbocycles. The Balaban J connectivity index is 2.58. The molecule has 0 radical (unpaired) electrons. The monoisotopic (exact) mass is 274 g/mol. The van der Waals surface area contributed by atoms with Crippen LogP contribution in [0.25, 0.3) is 0 Å². The van der Waals surface area contributed by atoms with Crippen molar-refractivity contribution in [3.8, 4) is 5.75 Å². The van der Waals surface area contributed by atoms with Crippen molar-refractivity contribution in [2.75, 3.05) is 7.11 Å². The lowest BCUT2D eigenvalue weighted by Gasteiger charge is -2.29. The van der Waals surface area contributed by atoms with Crippen LogP contribution in [0, 0.1) is 0 Å². The van der Waals surface area contributed by atoms with Crippen LogP contribution >= 0.6 is 0 Å². The zero-order valence-electron chi connectivity index (χ0n) is 12.3. The Morgan fingerprint density at radius 2 is 1.95 bits per heavy atom. The quantitative estimate of drug-likeness (QED) is 0.881. The van der Waals surface area contributed by atoms with Gasteiger partial charge in [-0.05, 0) is 18.4 Å². The summed E-state index contributed by atoms with van der Waals surface area (Å²) < 4.78 is 7.24. The highest BCUT2D eigenvalue weighted by molar-refractivity contribution is 5.40. The van der Waals surface area contributed by atoms with Gasteiger partial charge in [-0.25, -0.2) is 0 Å². The van der Waals surface area contributed by atoms with Crippen LogP contribution in [0.5, 0.6) is 5.75 Å². The maximum atomic E-state index is 11.2. The molecule has 1 N–H and O–H groups in total. The van der Waals surface area contributed by atoms with Crippen molar-refractivity contribution in [2.45, 2.75) is 38.8 Å². The van der Waals surface area contributed by atoms with Crippen molar-refractivity contribution < 1.29 is 9.84 Å². The Kier molecular flexibility index (Phi) is 4.45. The van der Waals surface area contributed by atoms with E-state index in [9.17, 15) is 5.11 Å². The summed E-state index contributed by atoms with van der Waals surface area (Å²) in [4.78, 5) is 0. The number of aliphatic hydroxyl groups is 1. The lowest BCUT2D eigenvalue weighted by molar-refractivity contribution is 0.0635. The minimum Gasteiger partial charge on any atom is -0.493 e. The number of nitrogens with zero attached hydrogens (tertiary/aromatic N) is 2. The number of hydrogen-bond acceptors (Lipinski definition) is 3. The smallest absolute Gasteiger partial charge is 0.163 e. The number of rotatable bonds is 6. The van der Waals surface area contributed by atoms with Gasteiger partial charge < -0.3 is 9.84 Å². The molecule has 1 unspecified atom stereocenters. The molecule has 0 saturated heterocycles. The molecule has 20 heavy (non-hydrogen) atoms. The third-order valence-corrected chi connectivity index (χ3v) is 3.62. The van der Waals surface area contributed by atoms with Crippen molar-refractivity contribution in [1.29, 1.82) is 0 Å². The second kappa shape index (κ2) is 6.09. The van der Waals surface area contributed by atoms with E-state index in [2.05, 4.69) is 12.0 Å². The fourth-order valence-corrected chi connectivity index (χ4v) is 2.54. The second-order valence-corrected chi connectivity index (χ2v) is 4.86. The molecule has 0 aliphatic heterocycles. The van der Waals surface area contributed by atoms with Crippen LogP contribution in [0.4, 0.5) is 0 Å². The van der Waals surface area contributed by atoms with Gasteiger partial charge in [-0.15, -0.1) is 0 Å². The molecule has 1 aromatic heterocycles. The van der Waals surface area contributed by atoms with Gasteiger partial charge in [0, 0.05) is 6.54 Å². The number of aromatic nitrogens is 2. The predicted molar refractivity (Wildman–Crippen MR) is 78.8 cm³/mol. The van der Waals surface area contributed by atoms with Crippen molar-refractivity contribution >= 4 is 0 Å². The molecular weight excluding hydrogens is 252 g/mol. The zero-order valence-corrected chi connectivity index (χ0v) is 12.3. The summed E-state index contributed by atoms with van der Waals surface area (Å²) in [5, 5.41) is 15.6. The number of methoxy groups -OCH3 is 1. The molecule has 0 fully saturated rings. The van der Waals surface area contributed by atoms with Crippen LogP contribution in [-0.4, -0.2) is 22.0 Å². The Morgan fingerprint density at radius 3 is 2.50 bits per heavy atom. The summed E-state index contributed by atoms with van der Waals surface area (Å²) >= 11 is 0. The first-order valence-electron chi connectivity index (χ1n) is 7.05. The Bertz CT molecular complexity index is 551. The summed E-state index contributed by atoms with van der Waals surface area (Å²) in [6.07, 6.45) is 3.18. The standard InChI is InChI=1S/C16H22N2O2/c1-4-11-18-15(14(20-3)12-17-18)16(19,5-2)13-9-7-6-8-10-13/h6-10,12,19H,4-5,11H2,1-3H3. The first-order valence-corrected chi connectivity index (χ1v) is 7.05. The molecule has 0 aliphatic rings. The summed E-state index contributed by atoms with van der Waals surface area (Å²) in [7, 11) is 1.61. The first kappa shape index (κ1) is 14.6.